The molecule has 0 unspecified atom stereocenters. The van der Waals surface area contributed by atoms with Gasteiger partial charge >= 0.3 is 0 Å². The van der Waals surface area contributed by atoms with Crippen LogP contribution in [0, 0.1) is 11.7 Å². The van der Waals surface area contributed by atoms with Crippen LogP contribution in [0.15, 0.2) is 18.2 Å². The van der Waals surface area contributed by atoms with Gasteiger partial charge in [0.15, 0.2) is 0 Å². The van der Waals surface area contributed by atoms with Crippen molar-refractivity contribution < 1.29 is 4.74 Å². The fraction of sp³-hybridized carbons (Fsp3) is 0.200. The number of nitrogens with one attached hydrogen (secondary N) is 1. The highest BCUT2D eigenvalue weighted by atomic mass is 32.1. The molecule has 0 spiro atoms. The van der Waals surface area contributed by atoms with E-state index in [4.69, 9.17) is 22.7 Å². The van der Waals surface area contributed by atoms with Gasteiger partial charge in [-0.25, -0.2) is 5.10 Å². The van der Waals surface area contributed by atoms with Crippen LogP contribution in [0.3, 0.4) is 0 Å². The Kier molecular flexibility index (Phi) is 2.66. The zero-order valence-corrected chi connectivity index (χ0v) is 9.84. The third kappa shape index (κ3) is 1.67. The van der Waals surface area contributed by atoms with Gasteiger partial charge < -0.3 is 10.5 Å². The maximum absolute atomic E-state index is 5.74. The van der Waals surface area contributed by atoms with Crippen molar-refractivity contribution in [2.24, 2.45) is 0 Å². The topological polar surface area (TPSA) is 68.9 Å². The first-order valence-electron chi connectivity index (χ1n) is 4.71. The Hall–Kier alpha value is -1.82. The van der Waals surface area contributed by atoms with E-state index in [1.807, 2.05) is 25.1 Å². The number of methoxy groups -OCH3 is 1. The molecule has 3 N–H and O–H groups in total. The zero-order valence-electron chi connectivity index (χ0n) is 9.02. The van der Waals surface area contributed by atoms with Gasteiger partial charge in [0, 0.05) is 0 Å². The fourth-order valence-corrected chi connectivity index (χ4v) is 1.79. The number of H-pyrrole nitrogens is 1. The summed E-state index contributed by atoms with van der Waals surface area (Å²) in [7, 11) is 1.63. The third-order valence-electron chi connectivity index (χ3n) is 2.34. The molecule has 0 aliphatic carbocycles. The maximum atomic E-state index is 5.74. The molecule has 0 bridgehead atoms. The number of aromatic nitrogens is 3. The Morgan fingerprint density at radius 3 is 2.75 bits per heavy atom. The first-order valence-corrected chi connectivity index (χ1v) is 5.12. The van der Waals surface area contributed by atoms with Gasteiger partial charge in [-0.15, -0.1) is 5.10 Å². The molecule has 0 saturated carbocycles. The first kappa shape index (κ1) is 10.7. The van der Waals surface area contributed by atoms with Crippen LogP contribution >= 0.6 is 12.2 Å². The molecule has 0 aliphatic rings. The molecule has 1 heterocycles. The van der Waals surface area contributed by atoms with Crippen LogP contribution < -0.4 is 10.5 Å². The number of anilines is 1. The highest BCUT2D eigenvalue weighted by Gasteiger charge is 2.08. The Balaban J connectivity index is 2.61. The number of nitrogens with two attached hydrogens (primary N) is 1. The van der Waals surface area contributed by atoms with Gasteiger partial charge in [-0.2, -0.15) is 0 Å². The van der Waals surface area contributed by atoms with E-state index in [1.54, 1.807) is 11.7 Å². The van der Waals surface area contributed by atoms with Crippen molar-refractivity contribution >= 4 is 18.2 Å². The van der Waals surface area contributed by atoms with E-state index >= 15 is 0 Å². The van der Waals surface area contributed by atoms with E-state index in [-0.39, 0.29) is 0 Å². The number of hydrogen-bond acceptors (Lipinski definition) is 4. The molecular formula is C10H12N4OS. The van der Waals surface area contributed by atoms with Gasteiger partial charge in [-0.05, 0) is 42.9 Å². The molecule has 5 nitrogen and oxygen atoms in total. The number of benzene rings is 1. The zero-order chi connectivity index (χ0) is 11.7. The Morgan fingerprint density at radius 2 is 2.25 bits per heavy atom. The molecule has 0 radical (unpaired) electrons. The number of nitrogen functional groups attached to an aromatic ring is 1. The summed E-state index contributed by atoms with van der Waals surface area (Å²) in [5.74, 6) is 1.15. The van der Waals surface area contributed by atoms with E-state index in [0.29, 0.717) is 10.7 Å². The summed E-state index contributed by atoms with van der Waals surface area (Å²) in [4.78, 5) is 0. The van der Waals surface area contributed by atoms with Crippen molar-refractivity contribution in [3.63, 3.8) is 0 Å². The van der Waals surface area contributed by atoms with Crippen LogP contribution in [0.2, 0.25) is 0 Å². The molecule has 2 aromatic rings. The summed E-state index contributed by atoms with van der Waals surface area (Å²) in [6, 6.07) is 5.68. The summed E-state index contributed by atoms with van der Waals surface area (Å²) < 4.78 is 7.30. The monoisotopic (exact) mass is 236 g/mol. The minimum atomic E-state index is 0.346. The van der Waals surface area contributed by atoms with Crippen LogP contribution in [0.25, 0.3) is 5.69 Å². The van der Waals surface area contributed by atoms with E-state index < -0.39 is 0 Å². The molecule has 0 fully saturated rings. The lowest BCUT2D eigenvalue weighted by molar-refractivity contribution is 0.414. The SMILES string of the molecule is COc1ccc(-n2c(N)n[nH]c2=S)c(C)c1. The van der Waals surface area contributed by atoms with Gasteiger partial charge in [0.25, 0.3) is 0 Å². The molecule has 0 aliphatic heterocycles. The standard InChI is InChI=1S/C10H12N4OS/c1-6-5-7(15-2)3-4-8(6)14-9(11)12-13-10(14)16/h3-5H,1-2H3,(H2,11,12)(H,13,16). The Morgan fingerprint density at radius 1 is 1.50 bits per heavy atom. The lowest BCUT2D eigenvalue weighted by Gasteiger charge is -2.09. The van der Waals surface area contributed by atoms with Gasteiger partial charge in [0.2, 0.25) is 10.7 Å². The van der Waals surface area contributed by atoms with Crippen LogP contribution in [0.4, 0.5) is 5.95 Å². The van der Waals surface area contributed by atoms with Crippen LogP contribution in [0.1, 0.15) is 5.56 Å². The van der Waals surface area contributed by atoms with Crippen molar-refractivity contribution in [2.75, 3.05) is 12.8 Å². The van der Waals surface area contributed by atoms with Crippen molar-refractivity contribution in [1.29, 1.82) is 0 Å². The minimum Gasteiger partial charge on any atom is -0.497 e. The molecule has 6 heteroatoms. The number of nitrogens with zero attached hydrogens (tertiary/aromatic N) is 2. The number of ether oxygens (including phenoxy) is 1. The van der Waals surface area contributed by atoms with Crippen molar-refractivity contribution in [3.05, 3.63) is 28.5 Å². The highest BCUT2D eigenvalue weighted by molar-refractivity contribution is 7.71. The molecule has 84 valence electrons. The van der Waals surface area contributed by atoms with E-state index in [0.717, 1.165) is 17.0 Å². The summed E-state index contributed by atoms with van der Waals surface area (Å²) in [5.41, 5.74) is 7.65. The predicted molar refractivity (Wildman–Crippen MR) is 64.5 cm³/mol. The molecule has 1 aromatic heterocycles. The number of rotatable bonds is 2. The highest BCUT2D eigenvalue weighted by Crippen LogP contribution is 2.21. The maximum Gasteiger partial charge on any atom is 0.225 e. The van der Waals surface area contributed by atoms with E-state index in [1.165, 1.54) is 0 Å². The number of aromatic amines is 1. The average molecular weight is 236 g/mol. The molecule has 1 aromatic carbocycles. The summed E-state index contributed by atoms with van der Waals surface area (Å²) in [6.45, 7) is 1.96. The second kappa shape index (κ2) is 3.97. The molecule has 2 rings (SSSR count). The predicted octanol–water partition coefficient (Wildman–Crippen LogP) is 1.83. The summed E-state index contributed by atoms with van der Waals surface area (Å²) in [6.07, 6.45) is 0. The summed E-state index contributed by atoms with van der Waals surface area (Å²) >= 11 is 5.11. The minimum absolute atomic E-state index is 0.346. The number of aryl methyl sites for hydroxylation is 1. The lowest BCUT2D eigenvalue weighted by Crippen LogP contribution is -2.02. The van der Waals surface area contributed by atoms with Gasteiger partial charge in [0.1, 0.15) is 5.75 Å². The molecule has 0 atom stereocenters. The Labute approximate surface area is 97.9 Å². The Bertz CT molecular complexity index is 572. The number of hydrogen-bond donors (Lipinski definition) is 2. The second-order valence-electron chi connectivity index (χ2n) is 3.37. The molecule has 0 amide bonds. The molecule has 0 saturated heterocycles. The van der Waals surface area contributed by atoms with Crippen LogP contribution in [-0.4, -0.2) is 21.9 Å². The van der Waals surface area contributed by atoms with Gasteiger partial charge in [0.05, 0.1) is 12.8 Å². The van der Waals surface area contributed by atoms with E-state index in [9.17, 15) is 0 Å². The smallest absolute Gasteiger partial charge is 0.225 e. The van der Waals surface area contributed by atoms with Crippen LogP contribution in [-0.2, 0) is 0 Å². The lowest BCUT2D eigenvalue weighted by atomic mass is 10.2. The largest absolute Gasteiger partial charge is 0.497 e. The molecular weight excluding hydrogens is 224 g/mol. The fourth-order valence-electron chi connectivity index (χ4n) is 1.55. The first-order chi connectivity index (χ1) is 7.63. The van der Waals surface area contributed by atoms with Crippen LogP contribution in [0.5, 0.6) is 5.75 Å². The van der Waals surface area contributed by atoms with E-state index in [2.05, 4.69) is 10.2 Å². The third-order valence-corrected chi connectivity index (χ3v) is 2.62. The van der Waals surface area contributed by atoms with Gasteiger partial charge in [-0.3, -0.25) is 4.57 Å². The van der Waals surface area contributed by atoms with Crippen molar-refractivity contribution in [1.82, 2.24) is 14.8 Å². The van der Waals surface area contributed by atoms with Crippen molar-refractivity contribution in [2.45, 2.75) is 6.92 Å². The average Bonchev–Trinajstić information content (AvgIpc) is 2.59. The normalized spacial score (nSPS) is 10.4. The second-order valence-corrected chi connectivity index (χ2v) is 3.76. The summed E-state index contributed by atoms with van der Waals surface area (Å²) in [5, 5.41) is 6.52. The molecule has 16 heavy (non-hydrogen) atoms. The quantitative estimate of drug-likeness (QED) is 0.780. The van der Waals surface area contributed by atoms with Crippen molar-refractivity contribution in [3.8, 4) is 11.4 Å². The van der Waals surface area contributed by atoms with Gasteiger partial charge in [-0.1, -0.05) is 0 Å².